The van der Waals surface area contributed by atoms with Crippen LogP contribution in [0.5, 0.6) is 0 Å². The van der Waals surface area contributed by atoms with E-state index in [4.69, 9.17) is 10.9 Å². The van der Waals surface area contributed by atoms with Gasteiger partial charge in [-0.2, -0.15) is 0 Å². The molecule has 0 fully saturated rings. The summed E-state index contributed by atoms with van der Waals surface area (Å²) in [6.45, 7) is 3.08. The molecular formula is C22H28FN3O2S. The fraction of sp³-hybridized carbons (Fsp3) is 0.409. The molecule has 0 saturated heterocycles. The van der Waals surface area contributed by atoms with Gasteiger partial charge in [0, 0.05) is 16.1 Å². The second-order valence-electron chi connectivity index (χ2n) is 8.04. The standard InChI is InChI=1S/C13H16N2O.C9H12FNOS/c14-13(16)15-12-10-5-1-3-8(10)7-9-4-2-6-11(9)12;1-9(2,12)7-4-3-6(13-11)5-8(7)10/h7H,1-6H2,(H3,14,15,16);3-5,12H,11H2,1-2H3. The van der Waals surface area contributed by atoms with Crippen LogP contribution in [0.4, 0.5) is 14.9 Å². The monoisotopic (exact) mass is 417 g/mol. The lowest BCUT2D eigenvalue weighted by atomic mass is 9.98. The van der Waals surface area contributed by atoms with Gasteiger partial charge in [0.2, 0.25) is 0 Å². The molecule has 7 heteroatoms. The Morgan fingerprint density at radius 2 is 1.69 bits per heavy atom. The van der Waals surface area contributed by atoms with E-state index in [0.717, 1.165) is 43.3 Å². The highest BCUT2D eigenvalue weighted by atomic mass is 32.2. The second-order valence-corrected chi connectivity index (χ2v) is 8.75. The van der Waals surface area contributed by atoms with E-state index in [1.807, 2.05) is 0 Å². The Hall–Kier alpha value is -2.09. The number of urea groups is 1. The lowest BCUT2D eigenvalue weighted by molar-refractivity contribution is 0.0744. The highest BCUT2D eigenvalue weighted by molar-refractivity contribution is 7.97. The van der Waals surface area contributed by atoms with E-state index < -0.39 is 17.4 Å². The summed E-state index contributed by atoms with van der Waals surface area (Å²) in [5.41, 5.74) is 10.9. The summed E-state index contributed by atoms with van der Waals surface area (Å²) in [6, 6.07) is 6.45. The number of aryl methyl sites for hydroxylation is 2. The van der Waals surface area contributed by atoms with Crippen LogP contribution in [0.2, 0.25) is 0 Å². The van der Waals surface area contributed by atoms with E-state index in [-0.39, 0.29) is 5.56 Å². The van der Waals surface area contributed by atoms with Crippen molar-refractivity contribution >= 4 is 23.7 Å². The SMILES string of the molecule is CC(C)(O)c1ccc(SN)cc1F.NC(=O)Nc1c2c(cc3c1CCC3)CCC2. The molecule has 0 aromatic heterocycles. The van der Waals surface area contributed by atoms with Crippen molar-refractivity contribution in [3.8, 4) is 0 Å². The number of anilines is 1. The third-order valence-corrected chi connectivity index (χ3v) is 5.98. The maximum absolute atomic E-state index is 13.3. The molecule has 2 aromatic rings. The van der Waals surface area contributed by atoms with E-state index in [9.17, 15) is 14.3 Å². The number of primary amides is 1. The summed E-state index contributed by atoms with van der Waals surface area (Å²) in [4.78, 5) is 11.7. The first-order chi connectivity index (χ1) is 13.7. The van der Waals surface area contributed by atoms with Crippen molar-refractivity contribution in [1.82, 2.24) is 0 Å². The molecule has 0 bridgehead atoms. The molecule has 156 valence electrons. The number of fused-ring (bicyclic) bond motifs is 2. The normalized spacial score (nSPS) is 14.7. The molecular weight excluding hydrogens is 389 g/mol. The number of halogens is 1. The Labute approximate surface area is 175 Å². The van der Waals surface area contributed by atoms with Crippen LogP contribution in [0.1, 0.15) is 54.5 Å². The summed E-state index contributed by atoms with van der Waals surface area (Å²) in [7, 11) is 0. The number of carbonyl (C=O) groups excluding carboxylic acids is 1. The van der Waals surface area contributed by atoms with Crippen LogP contribution in [0.15, 0.2) is 29.2 Å². The Balaban J connectivity index is 0.000000170. The van der Waals surface area contributed by atoms with Crippen molar-refractivity contribution in [2.75, 3.05) is 5.32 Å². The summed E-state index contributed by atoms with van der Waals surface area (Å²) in [6.07, 6.45) is 6.86. The zero-order chi connectivity index (χ0) is 21.2. The molecule has 0 saturated carbocycles. The molecule has 2 aromatic carbocycles. The molecule has 0 aliphatic heterocycles. The first-order valence-corrected chi connectivity index (χ1v) is 10.7. The number of benzene rings is 2. The molecule has 0 spiro atoms. The molecule has 4 rings (SSSR count). The van der Waals surface area contributed by atoms with Crippen LogP contribution >= 0.6 is 11.9 Å². The first kappa shape index (κ1) is 21.6. The minimum absolute atomic E-state index is 0.283. The fourth-order valence-electron chi connectivity index (χ4n) is 4.16. The number of amides is 2. The van der Waals surface area contributed by atoms with Crippen molar-refractivity contribution in [2.45, 2.75) is 62.9 Å². The number of carbonyl (C=O) groups is 1. The van der Waals surface area contributed by atoms with Gasteiger partial charge in [-0.3, -0.25) is 5.14 Å². The van der Waals surface area contributed by atoms with Crippen molar-refractivity contribution in [3.63, 3.8) is 0 Å². The number of nitrogens with two attached hydrogens (primary N) is 2. The Kier molecular flexibility index (Phi) is 6.51. The van der Waals surface area contributed by atoms with Crippen LogP contribution in [0, 0.1) is 5.82 Å². The van der Waals surface area contributed by atoms with Gasteiger partial charge in [0.1, 0.15) is 5.82 Å². The van der Waals surface area contributed by atoms with E-state index in [2.05, 4.69) is 11.4 Å². The summed E-state index contributed by atoms with van der Waals surface area (Å²) in [5, 5.41) is 17.7. The minimum atomic E-state index is -1.15. The van der Waals surface area contributed by atoms with E-state index in [0.29, 0.717) is 4.90 Å². The highest BCUT2D eigenvalue weighted by Gasteiger charge is 2.24. The fourth-order valence-corrected chi connectivity index (χ4v) is 4.47. The maximum atomic E-state index is 13.3. The lowest BCUT2D eigenvalue weighted by Gasteiger charge is -2.18. The van der Waals surface area contributed by atoms with Gasteiger partial charge >= 0.3 is 6.03 Å². The van der Waals surface area contributed by atoms with Crippen LogP contribution in [-0.4, -0.2) is 11.1 Å². The summed E-state index contributed by atoms with van der Waals surface area (Å²) in [5.74, 6) is -0.428. The predicted octanol–water partition coefficient (Wildman–Crippen LogP) is 4.17. The number of aliphatic hydroxyl groups is 1. The molecule has 2 amide bonds. The van der Waals surface area contributed by atoms with E-state index >= 15 is 0 Å². The molecule has 29 heavy (non-hydrogen) atoms. The van der Waals surface area contributed by atoms with Crippen LogP contribution in [-0.2, 0) is 31.3 Å². The van der Waals surface area contributed by atoms with Gasteiger partial charge < -0.3 is 16.2 Å². The van der Waals surface area contributed by atoms with E-state index in [1.165, 1.54) is 41.2 Å². The van der Waals surface area contributed by atoms with Crippen molar-refractivity contribution in [3.05, 3.63) is 57.9 Å². The van der Waals surface area contributed by atoms with Gasteiger partial charge in [0.25, 0.3) is 0 Å². The summed E-state index contributed by atoms with van der Waals surface area (Å²) < 4.78 is 13.3. The lowest BCUT2D eigenvalue weighted by Crippen LogP contribution is -2.21. The zero-order valence-corrected chi connectivity index (χ0v) is 17.7. The van der Waals surface area contributed by atoms with Gasteiger partial charge in [0.15, 0.2) is 0 Å². The van der Waals surface area contributed by atoms with Gasteiger partial charge in [-0.15, -0.1) is 0 Å². The molecule has 0 radical (unpaired) electrons. The number of rotatable bonds is 3. The predicted molar refractivity (Wildman–Crippen MR) is 115 cm³/mol. The number of hydrogen-bond acceptors (Lipinski definition) is 4. The topological polar surface area (TPSA) is 101 Å². The van der Waals surface area contributed by atoms with Crippen molar-refractivity contribution in [1.29, 1.82) is 0 Å². The number of hydrogen-bond donors (Lipinski definition) is 4. The van der Waals surface area contributed by atoms with Gasteiger partial charge in [0.05, 0.1) is 5.60 Å². The van der Waals surface area contributed by atoms with Crippen molar-refractivity contribution < 1.29 is 14.3 Å². The van der Waals surface area contributed by atoms with Crippen LogP contribution in [0.3, 0.4) is 0 Å². The smallest absolute Gasteiger partial charge is 0.316 e. The summed E-state index contributed by atoms with van der Waals surface area (Å²) >= 11 is 0.981. The number of nitrogens with one attached hydrogen (secondary N) is 1. The zero-order valence-electron chi connectivity index (χ0n) is 16.8. The van der Waals surface area contributed by atoms with Gasteiger partial charge in [-0.05, 0) is 98.7 Å². The third-order valence-electron chi connectivity index (χ3n) is 5.46. The largest absolute Gasteiger partial charge is 0.386 e. The van der Waals surface area contributed by atoms with Crippen LogP contribution in [0.25, 0.3) is 0 Å². The molecule has 0 atom stereocenters. The van der Waals surface area contributed by atoms with E-state index in [1.54, 1.807) is 26.0 Å². The molecule has 0 heterocycles. The Morgan fingerprint density at radius 3 is 2.14 bits per heavy atom. The molecule has 2 aliphatic carbocycles. The molecule has 6 N–H and O–H groups in total. The average Bonchev–Trinajstić information content (AvgIpc) is 3.29. The molecule has 2 aliphatic rings. The average molecular weight is 418 g/mol. The Bertz CT molecular complexity index is 893. The molecule has 5 nitrogen and oxygen atoms in total. The maximum Gasteiger partial charge on any atom is 0.316 e. The van der Waals surface area contributed by atoms with Gasteiger partial charge in [-0.25, -0.2) is 9.18 Å². The van der Waals surface area contributed by atoms with Crippen LogP contribution < -0.4 is 16.2 Å². The minimum Gasteiger partial charge on any atom is -0.386 e. The van der Waals surface area contributed by atoms with Crippen molar-refractivity contribution in [2.24, 2.45) is 10.9 Å². The highest BCUT2D eigenvalue weighted by Crippen LogP contribution is 2.38. The first-order valence-electron chi connectivity index (χ1n) is 9.82. The van der Waals surface area contributed by atoms with Gasteiger partial charge in [-0.1, -0.05) is 12.1 Å². The molecule has 0 unspecified atom stereocenters. The quantitative estimate of drug-likeness (QED) is 0.563. The third kappa shape index (κ3) is 4.91. The second kappa shape index (κ2) is 8.73. The Morgan fingerprint density at radius 1 is 1.10 bits per heavy atom.